The molecule has 1 aliphatic rings. The first-order valence-electron chi connectivity index (χ1n) is 9.48. The van der Waals surface area contributed by atoms with Gasteiger partial charge < -0.3 is 9.72 Å². The van der Waals surface area contributed by atoms with Gasteiger partial charge >= 0.3 is 0 Å². The summed E-state index contributed by atoms with van der Waals surface area (Å²) in [6.45, 7) is 4.06. The van der Waals surface area contributed by atoms with E-state index in [-0.39, 0.29) is 5.78 Å². The second kappa shape index (κ2) is 7.76. The molecule has 0 unspecified atom stereocenters. The summed E-state index contributed by atoms with van der Waals surface area (Å²) >= 11 is 0. The lowest BCUT2D eigenvalue weighted by atomic mass is 9.99. The quantitative estimate of drug-likeness (QED) is 0.628. The van der Waals surface area contributed by atoms with Crippen LogP contribution < -0.4 is 0 Å². The number of rotatable bonds is 4. The highest BCUT2D eigenvalue weighted by molar-refractivity contribution is 6.08. The minimum absolute atomic E-state index is 0.0347. The van der Waals surface area contributed by atoms with Crippen LogP contribution in [0.1, 0.15) is 38.4 Å². The van der Waals surface area contributed by atoms with Crippen LogP contribution in [0.25, 0.3) is 5.57 Å². The van der Waals surface area contributed by atoms with Gasteiger partial charge in [-0.25, -0.2) is 4.99 Å². The zero-order valence-corrected chi connectivity index (χ0v) is 16.7. The van der Waals surface area contributed by atoms with Crippen LogP contribution in [0.15, 0.2) is 83.5 Å². The number of nitrogens with one attached hydrogen (secondary N) is 1. The van der Waals surface area contributed by atoms with Gasteiger partial charge in [0.15, 0.2) is 0 Å². The monoisotopic (exact) mass is 382 g/mol. The number of aromatic amines is 1. The number of H-pyrrole nitrogens is 1. The van der Waals surface area contributed by atoms with Crippen LogP contribution in [0.3, 0.4) is 0 Å². The Kier molecular flexibility index (Phi) is 5.00. The zero-order valence-electron chi connectivity index (χ0n) is 16.7. The van der Waals surface area contributed by atoms with Crippen molar-refractivity contribution in [2.45, 2.75) is 13.8 Å². The van der Waals surface area contributed by atoms with Crippen molar-refractivity contribution in [3.63, 3.8) is 0 Å². The number of aryl methyl sites for hydroxylation is 2. The molecule has 0 aliphatic carbocycles. The van der Waals surface area contributed by atoms with Gasteiger partial charge in [-0.15, -0.1) is 0 Å². The van der Waals surface area contributed by atoms with Crippen molar-refractivity contribution >= 4 is 17.3 Å². The average Bonchev–Trinajstić information content (AvgIpc) is 3.40. The minimum atomic E-state index is -0.0347. The van der Waals surface area contributed by atoms with Crippen LogP contribution in [0.2, 0.25) is 0 Å². The molecule has 1 aliphatic heterocycles. The molecule has 0 spiro atoms. The van der Waals surface area contributed by atoms with Gasteiger partial charge in [0.2, 0.25) is 11.7 Å². The largest absolute Gasteiger partial charge is 0.481 e. The fourth-order valence-corrected chi connectivity index (χ4v) is 3.29. The number of benzene rings is 2. The average molecular weight is 382 g/mol. The van der Waals surface area contributed by atoms with Crippen molar-refractivity contribution < 1.29 is 9.53 Å². The van der Waals surface area contributed by atoms with E-state index in [0.717, 1.165) is 28.1 Å². The Morgan fingerprint density at radius 2 is 1.38 bits per heavy atom. The molecule has 144 valence electrons. The molecule has 3 aromatic rings. The van der Waals surface area contributed by atoms with Crippen molar-refractivity contribution in [2.24, 2.45) is 4.99 Å². The molecule has 0 amide bonds. The van der Waals surface area contributed by atoms with E-state index in [0.29, 0.717) is 17.2 Å². The van der Waals surface area contributed by atoms with Crippen molar-refractivity contribution in [3.8, 4) is 0 Å². The highest BCUT2D eigenvalue weighted by Gasteiger charge is 2.18. The number of hydrogen-bond donors (Lipinski definition) is 1. The van der Waals surface area contributed by atoms with E-state index in [1.807, 2.05) is 55.5 Å². The molecule has 1 aromatic heterocycles. The molecule has 4 heteroatoms. The minimum Gasteiger partial charge on any atom is -0.481 e. The van der Waals surface area contributed by atoms with E-state index in [1.165, 1.54) is 5.56 Å². The third kappa shape index (κ3) is 3.83. The van der Waals surface area contributed by atoms with Crippen molar-refractivity contribution in [1.82, 2.24) is 4.98 Å². The molecule has 0 bridgehead atoms. The van der Waals surface area contributed by atoms with E-state index in [9.17, 15) is 4.79 Å². The Hall–Kier alpha value is -3.66. The number of nitrogens with zero attached hydrogens (tertiary/aromatic N) is 1. The molecule has 0 atom stereocenters. The summed E-state index contributed by atoms with van der Waals surface area (Å²) in [4.78, 5) is 20.7. The Balaban J connectivity index is 1.77. The van der Waals surface area contributed by atoms with Gasteiger partial charge in [0, 0.05) is 22.9 Å². The van der Waals surface area contributed by atoms with E-state index >= 15 is 0 Å². The van der Waals surface area contributed by atoms with Crippen molar-refractivity contribution in [2.75, 3.05) is 7.11 Å². The van der Waals surface area contributed by atoms with Gasteiger partial charge in [0.05, 0.1) is 18.5 Å². The highest BCUT2D eigenvalue weighted by Crippen LogP contribution is 2.30. The predicted molar refractivity (Wildman–Crippen MR) is 116 cm³/mol. The molecule has 1 N–H and O–H groups in total. The van der Waals surface area contributed by atoms with Gasteiger partial charge in [0.1, 0.15) is 0 Å². The molecular formula is C25H22N2O2. The molecule has 2 heterocycles. The van der Waals surface area contributed by atoms with Crippen LogP contribution >= 0.6 is 0 Å². The number of allylic oxidation sites excluding steroid dienone is 1. The summed E-state index contributed by atoms with van der Waals surface area (Å²) < 4.78 is 5.26. The predicted octanol–water partition coefficient (Wildman–Crippen LogP) is 5.24. The van der Waals surface area contributed by atoms with Crippen LogP contribution in [0, 0.1) is 13.8 Å². The SMILES string of the molecule is COC1=N/C(=C(/c2ccc(C)cc2)c2ccc(C(=O)c3ccc(C)cc3)[nH]2)C=C1. The standard InChI is InChI=1S/C25H22N2O2/c1-16-4-8-18(9-5-16)24(21-14-15-23(27-21)29-3)20-12-13-22(26-20)25(28)19-10-6-17(2)7-11-19/h4-15,26H,1-3H3/b24-21-. The molecule has 4 rings (SSSR count). The van der Waals surface area contributed by atoms with Gasteiger partial charge in [-0.2, -0.15) is 0 Å². The first-order chi connectivity index (χ1) is 14.0. The lowest BCUT2D eigenvalue weighted by Gasteiger charge is -2.09. The van der Waals surface area contributed by atoms with Gasteiger partial charge in [0.25, 0.3) is 0 Å². The van der Waals surface area contributed by atoms with Crippen LogP contribution in [-0.2, 0) is 4.74 Å². The number of carbonyl (C=O) groups excluding carboxylic acids is 1. The number of aromatic nitrogens is 1. The number of methoxy groups -OCH3 is 1. The molecule has 0 radical (unpaired) electrons. The fourth-order valence-electron chi connectivity index (χ4n) is 3.29. The van der Waals surface area contributed by atoms with Gasteiger partial charge in [-0.1, -0.05) is 59.7 Å². The second-order valence-corrected chi connectivity index (χ2v) is 7.09. The van der Waals surface area contributed by atoms with Crippen molar-refractivity contribution in [1.29, 1.82) is 0 Å². The summed E-state index contributed by atoms with van der Waals surface area (Å²) in [6, 6.07) is 19.6. The molecule has 0 saturated carbocycles. The van der Waals surface area contributed by atoms with Crippen LogP contribution in [-0.4, -0.2) is 23.8 Å². The maximum absolute atomic E-state index is 12.9. The van der Waals surface area contributed by atoms with Gasteiger partial charge in [-0.3, -0.25) is 4.79 Å². The Morgan fingerprint density at radius 3 is 1.97 bits per heavy atom. The summed E-state index contributed by atoms with van der Waals surface area (Å²) in [5, 5.41) is 0. The molecule has 0 fully saturated rings. The third-order valence-corrected chi connectivity index (χ3v) is 4.93. The molecule has 2 aromatic carbocycles. The van der Waals surface area contributed by atoms with E-state index < -0.39 is 0 Å². The first kappa shape index (κ1) is 18.7. The van der Waals surface area contributed by atoms with Crippen molar-refractivity contribution in [3.05, 3.63) is 112 Å². The zero-order chi connectivity index (χ0) is 20.4. The summed E-state index contributed by atoms with van der Waals surface area (Å²) in [5.74, 6) is 0.527. The molecule has 29 heavy (non-hydrogen) atoms. The Morgan fingerprint density at radius 1 is 0.793 bits per heavy atom. The summed E-state index contributed by atoms with van der Waals surface area (Å²) in [6.07, 6.45) is 3.77. The normalized spacial score (nSPS) is 14.7. The highest BCUT2D eigenvalue weighted by atomic mass is 16.5. The molecular weight excluding hydrogens is 360 g/mol. The summed E-state index contributed by atoms with van der Waals surface area (Å²) in [7, 11) is 1.60. The van der Waals surface area contributed by atoms with Gasteiger partial charge in [-0.05, 0) is 37.6 Å². The van der Waals surface area contributed by atoms with E-state index in [4.69, 9.17) is 4.74 Å². The molecule has 0 saturated heterocycles. The maximum atomic E-state index is 12.9. The lowest BCUT2D eigenvalue weighted by Crippen LogP contribution is -2.02. The fraction of sp³-hybridized carbons (Fsp3) is 0.120. The summed E-state index contributed by atoms with van der Waals surface area (Å²) in [5.41, 5.74) is 7.10. The maximum Gasteiger partial charge on any atom is 0.213 e. The second-order valence-electron chi connectivity index (χ2n) is 7.09. The molecule has 4 nitrogen and oxygen atoms in total. The Labute approximate surface area is 170 Å². The third-order valence-electron chi connectivity index (χ3n) is 4.93. The lowest BCUT2D eigenvalue weighted by molar-refractivity contribution is 0.103. The van der Waals surface area contributed by atoms with Crippen LogP contribution in [0.5, 0.6) is 0 Å². The number of ether oxygens (including phenoxy) is 1. The van der Waals surface area contributed by atoms with Crippen LogP contribution in [0.4, 0.5) is 0 Å². The Bertz CT molecular complexity index is 1140. The topological polar surface area (TPSA) is 54.4 Å². The smallest absolute Gasteiger partial charge is 0.213 e. The van der Waals surface area contributed by atoms with E-state index in [1.54, 1.807) is 7.11 Å². The number of carbonyl (C=O) groups is 1. The number of hydrogen-bond acceptors (Lipinski definition) is 3. The number of aliphatic imine (C=N–C) groups is 1. The van der Waals surface area contributed by atoms with E-state index in [2.05, 4.69) is 41.2 Å². The first-order valence-corrected chi connectivity index (χ1v) is 9.48. The number of ketones is 1.